The third-order valence-electron chi connectivity index (χ3n) is 2.19. The van der Waals surface area contributed by atoms with Crippen LogP contribution in [-0.4, -0.2) is 22.9 Å². The second-order valence-electron chi connectivity index (χ2n) is 3.41. The van der Waals surface area contributed by atoms with Gasteiger partial charge in [-0.25, -0.2) is 4.79 Å². The summed E-state index contributed by atoms with van der Waals surface area (Å²) in [5, 5.41) is 12.7. The van der Waals surface area contributed by atoms with Crippen LogP contribution in [0.1, 0.15) is 5.56 Å². The maximum Gasteiger partial charge on any atom is 0.327 e. The molecule has 1 aliphatic heterocycles. The number of aliphatic carboxylic acids is 1. The summed E-state index contributed by atoms with van der Waals surface area (Å²) >= 11 is 4.90. The summed E-state index contributed by atoms with van der Waals surface area (Å²) in [5.41, 5.74) is 1.06. The van der Waals surface area contributed by atoms with Gasteiger partial charge in [0.15, 0.2) is 0 Å². The number of rotatable bonds is 2. The number of hydrogen-bond donors (Lipinski definition) is 2. The van der Waals surface area contributed by atoms with E-state index in [9.17, 15) is 4.79 Å². The predicted octanol–water partition coefficient (Wildman–Crippen LogP) is 2.54. The van der Waals surface area contributed by atoms with Gasteiger partial charge in [-0.15, -0.1) is 11.8 Å². The molecule has 16 heavy (non-hydrogen) atoms. The molecule has 84 valence electrons. The fourth-order valence-corrected chi connectivity index (χ4v) is 2.64. The van der Waals surface area contributed by atoms with Crippen molar-refractivity contribution in [2.75, 3.05) is 5.75 Å². The highest BCUT2D eigenvalue weighted by Gasteiger charge is 2.24. The lowest BCUT2D eigenvalue weighted by Crippen LogP contribution is -2.31. The van der Waals surface area contributed by atoms with E-state index in [1.54, 1.807) is 0 Å². The second-order valence-corrected chi connectivity index (χ2v) is 5.38. The summed E-state index contributed by atoms with van der Waals surface area (Å²) in [6.45, 7) is 0. The van der Waals surface area contributed by atoms with Crippen molar-refractivity contribution in [3.63, 3.8) is 0 Å². The molecule has 0 amide bonds. The summed E-state index contributed by atoms with van der Waals surface area (Å²) in [7, 11) is 0. The maximum atomic E-state index is 10.7. The van der Waals surface area contributed by atoms with Crippen LogP contribution in [0.15, 0.2) is 33.8 Å². The molecule has 1 aromatic rings. The second kappa shape index (κ2) is 4.93. The van der Waals surface area contributed by atoms with Crippen molar-refractivity contribution in [1.82, 2.24) is 5.32 Å². The minimum atomic E-state index is -0.799. The zero-order valence-corrected chi connectivity index (χ0v) is 10.7. The average molecular weight is 300 g/mol. The van der Waals surface area contributed by atoms with E-state index < -0.39 is 12.0 Å². The van der Waals surface area contributed by atoms with Crippen LogP contribution >= 0.6 is 27.7 Å². The molecule has 1 unspecified atom stereocenters. The van der Waals surface area contributed by atoms with E-state index in [1.807, 2.05) is 30.3 Å². The molecule has 1 aliphatic rings. The Morgan fingerprint density at radius 1 is 1.50 bits per heavy atom. The fraction of sp³-hybridized carbons (Fsp3) is 0.182. The van der Waals surface area contributed by atoms with Crippen molar-refractivity contribution in [1.29, 1.82) is 0 Å². The van der Waals surface area contributed by atoms with Gasteiger partial charge in [-0.1, -0.05) is 28.1 Å². The number of benzene rings is 1. The summed E-state index contributed by atoms with van der Waals surface area (Å²) in [6, 6.07) is 7.41. The van der Waals surface area contributed by atoms with Crippen LogP contribution in [0.5, 0.6) is 0 Å². The molecule has 1 heterocycles. The first-order valence-electron chi connectivity index (χ1n) is 4.74. The van der Waals surface area contributed by atoms with Crippen molar-refractivity contribution >= 4 is 39.7 Å². The molecule has 1 atom stereocenters. The van der Waals surface area contributed by atoms with Crippen LogP contribution in [-0.2, 0) is 4.79 Å². The minimum Gasteiger partial charge on any atom is -0.480 e. The summed E-state index contributed by atoms with van der Waals surface area (Å²) in [5.74, 6) is -0.218. The highest BCUT2D eigenvalue weighted by molar-refractivity contribution is 9.10. The van der Waals surface area contributed by atoms with Crippen molar-refractivity contribution < 1.29 is 9.90 Å². The van der Waals surface area contributed by atoms with E-state index in [4.69, 9.17) is 5.11 Å². The van der Waals surface area contributed by atoms with E-state index in [-0.39, 0.29) is 0 Å². The van der Waals surface area contributed by atoms with Crippen LogP contribution < -0.4 is 5.32 Å². The van der Waals surface area contributed by atoms with E-state index in [1.165, 1.54) is 11.8 Å². The number of carboxylic acids is 1. The van der Waals surface area contributed by atoms with Gasteiger partial charge in [-0.2, -0.15) is 0 Å². The first-order valence-corrected chi connectivity index (χ1v) is 6.52. The van der Waals surface area contributed by atoms with E-state index in [0.717, 1.165) is 15.1 Å². The van der Waals surface area contributed by atoms with Gasteiger partial charge in [-0.05, 0) is 23.8 Å². The molecule has 1 aromatic carbocycles. The Morgan fingerprint density at radius 2 is 2.19 bits per heavy atom. The molecule has 0 bridgehead atoms. The SMILES string of the molecule is O=C(O)C1CS/C(=C/c2ccc(Br)cc2)N1. The molecule has 0 saturated carbocycles. The van der Waals surface area contributed by atoms with Gasteiger partial charge in [0.1, 0.15) is 6.04 Å². The summed E-state index contributed by atoms with van der Waals surface area (Å²) in [6.07, 6.45) is 1.96. The average Bonchev–Trinajstić information content (AvgIpc) is 2.70. The highest BCUT2D eigenvalue weighted by atomic mass is 79.9. The Balaban J connectivity index is 2.09. The third kappa shape index (κ3) is 2.80. The van der Waals surface area contributed by atoms with Crippen LogP contribution in [0, 0.1) is 0 Å². The van der Waals surface area contributed by atoms with Crippen molar-refractivity contribution in [2.45, 2.75) is 6.04 Å². The normalized spacial score (nSPS) is 22.1. The fourth-order valence-electron chi connectivity index (χ4n) is 1.35. The van der Waals surface area contributed by atoms with Crippen LogP contribution in [0.25, 0.3) is 6.08 Å². The number of carboxylic acid groups (broad SMARTS) is 1. The minimum absolute atomic E-state index is 0.466. The predicted molar refractivity (Wildman–Crippen MR) is 69.1 cm³/mol. The molecular weight excluding hydrogens is 290 g/mol. The van der Waals surface area contributed by atoms with Crippen molar-refractivity contribution in [3.8, 4) is 0 Å². The quantitative estimate of drug-likeness (QED) is 0.881. The molecule has 0 spiro atoms. The first kappa shape index (κ1) is 11.5. The Hall–Kier alpha value is -0.940. The zero-order chi connectivity index (χ0) is 11.5. The molecule has 1 fully saturated rings. The molecule has 1 saturated heterocycles. The lowest BCUT2D eigenvalue weighted by Gasteiger charge is -2.03. The van der Waals surface area contributed by atoms with E-state index in [2.05, 4.69) is 21.2 Å². The molecule has 2 N–H and O–H groups in total. The molecule has 2 rings (SSSR count). The highest BCUT2D eigenvalue weighted by Crippen LogP contribution is 2.25. The van der Waals surface area contributed by atoms with Gasteiger partial charge in [0.05, 0.1) is 5.03 Å². The number of thioether (sulfide) groups is 1. The van der Waals surface area contributed by atoms with Gasteiger partial charge in [0, 0.05) is 10.2 Å². The Kier molecular flexibility index (Phi) is 3.56. The van der Waals surface area contributed by atoms with Crippen molar-refractivity contribution in [3.05, 3.63) is 39.3 Å². The number of carbonyl (C=O) groups is 1. The van der Waals surface area contributed by atoms with Crippen LogP contribution in [0.4, 0.5) is 0 Å². The largest absolute Gasteiger partial charge is 0.480 e. The van der Waals surface area contributed by atoms with Gasteiger partial charge < -0.3 is 10.4 Å². The number of halogens is 1. The third-order valence-corrected chi connectivity index (χ3v) is 3.76. The van der Waals surface area contributed by atoms with Gasteiger partial charge in [-0.3, -0.25) is 0 Å². The standard InChI is InChI=1S/C11H10BrNO2S/c12-8-3-1-7(2-4-8)5-10-13-9(6-16-10)11(14)15/h1-5,9,13H,6H2,(H,14,15)/b10-5+. The monoisotopic (exact) mass is 299 g/mol. The lowest BCUT2D eigenvalue weighted by atomic mass is 10.2. The molecule has 5 heteroatoms. The Bertz CT molecular complexity index is 430. The molecule has 0 radical (unpaired) electrons. The van der Waals surface area contributed by atoms with Crippen LogP contribution in [0.3, 0.4) is 0 Å². The Morgan fingerprint density at radius 3 is 2.75 bits per heavy atom. The smallest absolute Gasteiger partial charge is 0.327 e. The topological polar surface area (TPSA) is 49.3 Å². The van der Waals surface area contributed by atoms with Gasteiger partial charge in [0.25, 0.3) is 0 Å². The molecule has 0 aliphatic carbocycles. The molecule has 3 nitrogen and oxygen atoms in total. The van der Waals surface area contributed by atoms with Gasteiger partial charge in [0.2, 0.25) is 0 Å². The summed E-state index contributed by atoms with van der Waals surface area (Å²) < 4.78 is 1.03. The zero-order valence-electron chi connectivity index (χ0n) is 8.31. The number of nitrogens with one attached hydrogen (secondary N) is 1. The maximum absolute atomic E-state index is 10.7. The van der Waals surface area contributed by atoms with Crippen molar-refractivity contribution in [2.24, 2.45) is 0 Å². The van der Waals surface area contributed by atoms with Crippen LogP contribution in [0.2, 0.25) is 0 Å². The number of hydrogen-bond acceptors (Lipinski definition) is 3. The molecule has 0 aromatic heterocycles. The lowest BCUT2D eigenvalue weighted by molar-refractivity contribution is -0.138. The van der Waals surface area contributed by atoms with E-state index in [0.29, 0.717) is 5.75 Å². The summed E-state index contributed by atoms with van der Waals surface area (Å²) in [4.78, 5) is 10.7. The molecular formula is C11H10BrNO2S. The Labute approximate surface area is 106 Å². The van der Waals surface area contributed by atoms with Gasteiger partial charge >= 0.3 is 5.97 Å². The first-order chi connectivity index (χ1) is 7.65. The van der Waals surface area contributed by atoms with E-state index >= 15 is 0 Å².